The molecule has 2 amide bonds. The third kappa shape index (κ3) is 3.64. The minimum absolute atomic E-state index is 0.0300. The topological polar surface area (TPSA) is 62.6 Å². The molecule has 0 radical (unpaired) electrons. The van der Waals surface area contributed by atoms with E-state index in [1.54, 1.807) is 23.1 Å². The van der Waals surface area contributed by atoms with Crippen LogP contribution in [0.5, 0.6) is 0 Å². The van der Waals surface area contributed by atoms with E-state index in [1.807, 2.05) is 0 Å². The lowest BCUT2D eigenvalue weighted by Crippen LogP contribution is -2.41. The van der Waals surface area contributed by atoms with Crippen molar-refractivity contribution < 1.29 is 18.4 Å². The van der Waals surface area contributed by atoms with Crippen molar-refractivity contribution in [1.29, 1.82) is 0 Å². The van der Waals surface area contributed by atoms with Gasteiger partial charge in [-0.1, -0.05) is 12.1 Å². The van der Waals surface area contributed by atoms with Crippen molar-refractivity contribution in [2.45, 2.75) is 12.8 Å². The maximum atomic E-state index is 13.6. The van der Waals surface area contributed by atoms with Crippen molar-refractivity contribution in [1.82, 2.24) is 10.2 Å². The molecule has 2 aromatic rings. The van der Waals surface area contributed by atoms with Gasteiger partial charge in [-0.25, -0.2) is 4.39 Å². The van der Waals surface area contributed by atoms with Crippen LogP contribution in [-0.2, 0) is 0 Å². The summed E-state index contributed by atoms with van der Waals surface area (Å²) >= 11 is 0. The highest BCUT2D eigenvalue weighted by Gasteiger charge is 2.24. The van der Waals surface area contributed by atoms with Gasteiger partial charge in [0, 0.05) is 19.6 Å². The van der Waals surface area contributed by atoms with E-state index < -0.39 is 11.7 Å². The average Bonchev–Trinajstić information content (AvgIpc) is 3.14. The van der Waals surface area contributed by atoms with Gasteiger partial charge in [-0.2, -0.15) is 0 Å². The molecule has 0 atom stereocenters. The summed E-state index contributed by atoms with van der Waals surface area (Å²) in [5.41, 5.74) is 0.617. The van der Waals surface area contributed by atoms with E-state index in [1.165, 1.54) is 24.7 Å². The van der Waals surface area contributed by atoms with Crippen LogP contribution in [0.2, 0.25) is 0 Å². The zero-order valence-electron chi connectivity index (χ0n) is 13.2. The second kappa shape index (κ2) is 7.29. The zero-order valence-corrected chi connectivity index (χ0v) is 13.2. The molecule has 1 aromatic heterocycles. The number of halogens is 1. The lowest BCUT2D eigenvalue weighted by Gasteiger charge is -2.31. The Bertz CT molecular complexity index is 707. The SMILES string of the molecule is O=C(NCC1CCN(C(=O)c2ccoc2)CC1)c1ccccc1F. The molecule has 0 unspecified atom stereocenters. The fraction of sp³-hybridized carbons (Fsp3) is 0.333. The Labute approximate surface area is 139 Å². The molecule has 1 aromatic carbocycles. The van der Waals surface area contributed by atoms with E-state index in [0.29, 0.717) is 25.2 Å². The first-order valence-electron chi connectivity index (χ1n) is 7.99. The van der Waals surface area contributed by atoms with Crippen molar-refractivity contribution in [3.8, 4) is 0 Å². The molecule has 3 rings (SSSR count). The fourth-order valence-electron chi connectivity index (χ4n) is 2.89. The normalized spacial score (nSPS) is 15.3. The molecule has 2 heterocycles. The van der Waals surface area contributed by atoms with E-state index in [2.05, 4.69) is 5.32 Å². The van der Waals surface area contributed by atoms with Gasteiger partial charge in [0.05, 0.1) is 17.4 Å². The molecule has 6 heteroatoms. The molecular formula is C18H19FN2O3. The molecule has 1 saturated heterocycles. The van der Waals surface area contributed by atoms with Crippen LogP contribution in [0.1, 0.15) is 33.6 Å². The van der Waals surface area contributed by atoms with E-state index in [4.69, 9.17) is 4.42 Å². The summed E-state index contributed by atoms with van der Waals surface area (Å²) in [4.78, 5) is 26.0. The lowest BCUT2D eigenvalue weighted by molar-refractivity contribution is 0.0683. The van der Waals surface area contributed by atoms with Crippen LogP contribution in [0.3, 0.4) is 0 Å². The smallest absolute Gasteiger partial charge is 0.257 e. The first-order chi connectivity index (χ1) is 11.6. The number of carbonyl (C=O) groups is 2. The zero-order chi connectivity index (χ0) is 16.9. The summed E-state index contributed by atoms with van der Waals surface area (Å²) in [6, 6.07) is 7.59. The summed E-state index contributed by atoms with van der Waals surface area (Å²) in [6.07, 6.45) is 4.55. The third-order valence-corrected chi connectivity index (χ3v) is 4.34. The second-order valence-corrected chi connectivity index (χ2v) is 5.94. The number of rotatable bonds is 4. The largest absolute Gasteiger partial charge is 0.472 e. The quantitative estimate of drug-likeness (QED) is 0.937. The molecule has 0 aliphatic carbocycles. The van der Waals surface area contributed by atoms with Crippen molar-refractivity contribution in [3.63, 3.8) is 0 Å². The first-order valence-corrected chi connectivity index (χ1v) is 7.99. The molecule has 126 valence electrons. The molecule has 1 aliphatic rings. The van der Waals surface area contributed by atoms with E-state index in [9.17, 15) is 14.0 Å². The Morgan fingerprint density at radius 2 is 1.96 bits per heavy atom. The molecule has 1 N–H and O–H groups in total. The maximum absolute atomic E-state index is 13.6. The average molecular weight is 330 g/mol. The molecular weight excluding hydrogens is 311 g/mol. The molecule has 0 spiro atoms. The summed E-state index contributed by atoms with van der Waals surface area (Å²) in [5.74, 6) is -0.660. The van der Waals surface area contributed by atoms with Gasteiger partial charge in [0.2, 0.25) is 0 Å². The lowest BCUT2D eigenvalue weighted by atomic mass is 9.96. The summed E-state index contributed by atoms with van der Waals surface area (Å²) in [7, 11) is 0. The predicted molar refractivity (Wildman–Crippen MR) is 86.1 cm³/mol. The molecule has 5 nitrogen and oxygen atoms in total. The maximum Gasteiger partial charge on any atom is 0.257 e. The highest BCUT2D eigenvalue weighted by atomic mass is 19.1. The molecule has 1 aliphatic heterocycles. The highest BCUT2D eigenvalue weighted by molar-refractivity contribution is 5.94. The van der Waals surface area contributed by atoms with E-state index in [-0.39, 0.29) is 17.4 Å². The van der Waals surface area contributed by atoms with Crippen LogP contribution in [-0.4, -0.2) is 36.3 Å². The van der Waals surface area contributed by atoms with Crippen LogP contribution in [0, 0.1) is 11.7 Å². The number of piperidine rings is 1. The molecule has 0 saturated carbocycles. The van der Waals surface area contributed by atoms with Crippen molar-refractivity contribution in [2.24, 2.45) is 5.92 Å². The van der Waals surface area contributed by atoms with Gasteiger partial charge in [-0.15, -0.1) is 0 Å². The number of nitrogens with zero attached hydrogens (tertiary/aromatic N) is 1. The van der Waals surface area contributed by atoms with Gasteiger partial charge in [0.1, 0.15) is 12.1 Å². The van der Waals surface area contributed by atoms with Crippen molar-refractivity contribution in [2.75, 3.05) is 19.6 Å². The predicted octanol–water partition coefficient (Wildman–Crippen LogP) is 2.70. The highest BCUT2D eigenvalue weighted by Crippen LogP contribution is 2.19. The molecule has 0 bridgehead atoms. The number of hydrogen-bond acceptors (Lipinski definition) is 3. The van der Waals surface area contributed by atoms with E-state index >= 15 is 0 Å². The number of carbonyl (C=O) groups excluding carboxylic acids is 2. The minimum Gasteiger partial charge on any atom is -0.472 e. The third-order valence-electron chi connectivity index (χ3n) is 4.34. The van der Waals surface area contributed by atoms with Crippen molar-refractivity contribution >= 4 is 11.8 Å². The second-order valence-electron chi connectivity index (χ2n) is 5.94. The number of hydrogen-bond donors (Lipinski definition) is 1. The monoisotopic (exact) mass is 330 g/mol. The Balaban J connectivity index is 1.47. The minimum atomic E-state index is -0.518. The number of nitrogens with one attached hydrogen (secondary N) is 1. The van der Waals surface area contributed by atoms with Gasteiger partial charge in [0.15, 0.2) is 0 Å². The Morgan fingerprint density at radius 1 is 1.21 bits per heavy atom. The number of furan rings is 1. The summed E-state index contributed by atoms with van der Waals surface area (Å²) in [5, 5.41) is 2.78. The summed E-state index contributed by atoms with van der Waals surface area (Å²) in [6.45, 7) is 1.77. The number of amides is 2. The van der Waals surface area contributed by atoms with Crippen molar-refractivity contribution in [3.05, 3.63) is 59.8 Å². The van der Waals surface area contributed by atoms with Crippen LogP contribution >= 0.6 is 0 Å². The van der Waals surface area contributed by atoms with Crippen LogP contribution in [0.4, 0.5) is 4.39 Å². The van der Waals surface area contributed by atoms with Gasteiger partial charge >= 0.3 is 0 Å². The summed E-state index contributed by atoms with van der Waals surface area (Å²) < 4.78 is 18.5. The van der Waals surface area contributed by atoms with Gasteiger partial charge in [-0.05, 0) is 37.0 Å². The molecule has 1 fully saturated rings. The van der Waals surface area contributed by atoms with Crippen LogP contribution in [0.25, 0.3) is 0 Å². The number of benzene rings is 1. The first kappa shape index (κ1) is 16.2. The van der Waals surface area contributed by atoms with E-state index in [0.717, 1.165) is 12.8 Å². The van der Waals surface area contributed by atoms with Gasteiger partial charge in [-0.3, -0.25) is 9.59 Å². The Kier molecular flexibility index (Phi) is 4.93. The number of likely N-dealkylation sites (tertiary alicyclic amines) is 1. The standard InChI is InChI=1S/C18H19FN2O3/c19-16-4-2-1-3-15(16)17(22)20-11-13-5-8-21(9-6-13)18(23)14-7-10-24-12-14/h1-4,7,10,12-13H,5-6,8-9,11H2,(H,20,22). The Morgan fingerprint density at radius 3 is 2.62 bits per heavy atom. The van der Waals surface area contributed by atoms with Crippen LogP contribution in [0.15, 0.2) is 47.3 Å². The van der Waals surface area contributed by atoms with Gasteiger partial charge in [0.25, 0.3) is 11.8 Å². The van der Waals surface area contributed by atoms with Gasteiger partial charge < -0.3 is 14.6 Å². The fourth-order valence-corrected chi connectivity index (χ4v) is 2.89. The van der Waals surface area contributed by atoms with Crippen LogP contribution < -0.4 is 5.32 Å². The Hall–Kier alpha value is -2.63. The molecule has 24 heavy (non-hydrogen) atoms.